The summed E-state index contributed by atoms with van der Waals surface area (Å²) in [4.78, 5) is 8.03. The summed E-state index contributed by atoms with van der Waals surface area (Å²) in [6.07, 6.45) is 0. The van der Waals surface area contributed by atoms with Crippen molar-refractivity contribution in [2.45, 2.75) is 13.5 Å². The normalized spacial score (nSPS) is 10.1. The van der Waals surface area contributed by atoms with Crippen LogP contribution in [-0.2, 0) is 6.54 Å². The molecule has 1 aromatic carbocycles. The van der Waals surface area contributed by atoms with E-state index in [9.17, 15) is 0 Å². The van der Waals surface area contributed by atoms with E-state index in [1.54, 1.807) is 13.2 Å². The molecule has 0 saturated carbocycles. The number of anilines is 2. The number of hydrogen-bond acceptors (Lipinski definition) is 5. The van der Waals surface area contributed by atoms with Crippen molar-refractivity contribution in [3.05, 3.63) is 41.5 Å². The molecule has 1 heterocycles. The minimum Gasteiger partial charge on any atom is -0.481 e. The molecule has 0 bridgehead atoms. The first-order valence-corrected chi connectivity index (χ1v) is 5.66. The van der Waals surface area contributed by atoms with Crippen LogP contribution in [0.4, 0.5) is 11.8 Å². The second-order valence-electron chi connectivity index (χ2n) is 3.93. The summed E-state index contributed by atoms with van der Waals surface area (Å²) >= 11 is 0. The summed E-state index contributed by atoms with van der Waals surface area (Å²) in [5.74, 6) is 1.30. The van der Waals surface area contributed by atoms with E-state index in [2.05, 4.69) is 34.3 Å². The van der Waals surface area contributed by atoms with E-state index < -0.39 is 0 Å². The topological polar surface area (TPSA) is 73.1 Å². The zero-order valence-electron chi connectivity index (χ0n) is 10.5. The lowest BCUT2D eigenvalue weighted by atomic mass is 10.1. The van der Waals surface area contributed by atoms with E-state index in [-0.39, 0.29) is 5.95 Å². The Balaban J connectivity index is 2.11. The lowest BCUT2D eigenvalue weighted by molar-refractivity contribution is 0.398. The van der Waals surface area contributed by atoms with Gasteiger partial charge in [-0.1, -0.05) is 24.3 Å². The van der Waals surface area contributed by atoms with Crippen LogP contribution >= 0.6 is 0 Å². The van der Waals surface area contributed by atoms with Gasteiger partial charge in [-0.15, -0.1) is 0 Å². The molecule has 18 heavy (non-hydrogen) atoms. The lowest BCUT2D eigenvalue weighted by Crippen LogP contribution is -2.06. The molecule has 5 nitrogen and oxygen atoms in total. The summed E-state index contributed by atoms with van der Waals surface area (Å²) in [5.41, 5.74) is 8.04. The highest BCUT2D eigenvalue weighted by Crippen LogP contribution is 2.15. The molecule has 2 aromatic rings. The molecule has 0 unspecified atom stereocenters. The molecule has 0 aliphatic rings. The minimum absolute atomic E-state index is 0.196. The number of methoxy groups -OCH3 is 1. The van der Waals surface area contributed by atoms with Crippen LogP contribution < -0.4 is 15.8 Å². The fourth-order valence-electron chi connectivity index (χ4n) is 1.63. The van der Waals surface area contributed by atoms with Gasteiger partial charge in [-0.3, -0.25) is 0 Å². The third-order valence-electron chi connectivity index (χ3n) is 2.65. The number of ether oxygens (including phenoxy) is 1. The van der Waals surface area contributed by atoms with Crippen LogP contribution in [0.3, 0.4) is 0 Å². The Kier molecular flexibility index (Phi) is 3.62. The van der Waals surface area contributed by atoms with Crippen LogP contribution in [0.25, 0.3) is 0 Å². The van der Waals surface area contributed by atoms with Crippen molar-refractivity contribution < 1.29 is 4.74 Å². The third-order valence-corrected chi connectivity index (χ3v) is 2.65. The molecule has 2 rings (SSSR count). The van der Waals surface area contributed by atoms with Crippen molar-refractivity contribution in [1.82, 2.24) is 9.97 Å². The zero-order valence-corrected chi connectivity index (χ0v) is 10.5. The molecular formula is C13H16N4O. The molecule has 0 spiro atoms. The molecule has 0 aliphatic carbocycles. The van der Waals surface area contributed by atoms with E-state index >= 15 is 0 Å². The number of rotatable bonds is 4. The number of benzene rings is 1. The van der Waals surface area contributed by atoms with Gasteiger partial charge in [0.1, 0.15) is 5.82 Å². The first kappa shape index (κ1) is 12.2. The average molecular weight is 244 g/mol. The molecule has 0 fully saturated rings. The second kappa shape index (κ2) is 5.35. The van der Waals surface area contributed by atoms with Gasteiger partial charge in [0, 0.05) is 12.6 Å². The summed E-state index contributed by atoms with van der Waals surface area (Å²) in [6, 6.07) is 9.90. The average Bonchev–Trinajstić information content (AvgIpc) is 2.37. The van der Waals surface area contributed by atoms with Gasteiger partial charge in [0.25, 0.3) is 0 Å². The molecule has 3 N–H and O–H groups in total. The largest absolute Gasteiger partial charge is 0.481 e. The summed E-state index contributed by atoms with van der Waals surface area (Å²) in [5, 5.41) is 3.21. The SMILES string of the molecule is COc1cc(NCc2ccccc2C)nc(N)n1. The Morgan fingerprint density at radius 3 is 2.78 bits per heavy atom. The number of nitrogen functional groups attached to an aromatic ring is 1. The van der Waals surface area contributed by atoms with Crippen LogP contribution in [0.15, 0.2) is 30.3 Å². The summed E-state index contributed by atoms with van der Waals surface area (Å²) in [7, 11) is 1.55. The fraction of sp³-hybridized carbons (Fsp3) is 0.231. The Labute approximate surface area is 106 Å². The smallest absolute Gasteiger partial charge is 0.225 e. The highest BCUT2D eigenvalue weighted by atomic mass is 16.5. The van der Waals surface area contributed by atoms with Gasteiger partial charge < -0.3 is 15.8 Å². The molecule has 94 valence electrons. The zero-order chi connectivity index (χ0) is 13.0. The van der Waals surface area contributed by atoms with Crippen molar-refractivity contribution in [2.75, 3.05) is 18.2 Å². The predicted octanol–water partition coefficient (Wildman–Crippen LogP) is 1.99. The van der Waals surface area contributed by atoms with E-state index in [1.807, 2.05) is 12.1 Å². The van der Waals surface area contributed by atoms with Crippen LogP contribution in [0.2, 0.25) is 0 Å². The van der Waals surface area contributed by atoms with Crippen LogP contribution in [0, 0.1) is 6.92 Å². The Hall–Kier alpha value is -2.30. The molecule has 0 amide bonds. The van der Waals surface area contributed by atoms with Crippen molar-refractivity contribution in [2.24, 2.45) is 0 Å². The number of aryl methyl sites for hydroxylation is 1. The minimum atomic E-state index is 0.196. The third kappa shape index (κ3) is 2.88. The van der Waals surface area contributed by atoms with Crippen LogP contribution in [-0.4, -0.2) is 17.1 Å². The number of nitrogens with one attached hydrogen (secondary N) is 1. The maximum absolute atomic E-state index is 5.59. The number of nitrogens with two attached hydrogens (primary N) is 1. The highest BCUT2D eigenvalue weighted by Gasteiger charge is 2.03. The molecule has 0 aliphatic heterocycles. The Bertz CT molecular complexity index is 542. The van der Waals surface area contributed by atoms with Gasteiger partial charge in [0.15, 0.2) is 0 Å². The highest BCUT2D eigenvalue weighted by molar-refractivity contribution is 5.43. The summed E-state index contributed by atoms with van der Waals surface area (Å²) < 4.78 is 5.04. The molecule has 5 heteroatoms. The van der Waals surface area contributed by atoms with E-state index in [0.29, 0.717) is 18.2 Å². The van der Waals surface area contributed by atoms with E-state index in [0.717, 1.165) is 0 Å². The summed E-state index contributed by atoms with van der Waals surface area (Å²) in [6.45, 7) is 2.76. The number of aromatic nitrogens is 2. The number of nitrogens with zero attached hydrogens (tertiary/aromatic N) is 2. The van der Waals surface area contributed by atoms with E-state index in [1.165, 1.54) is 11.1 Å². The number of hydrogen-bond donors (Lipinski definition) is 2. The fourth-order valence-corrected chi connectivity index (χ4v) is 1.63. The van der Waals surface area contributed by atoms with Gasteiger partial charge in [0.2, 0.25) is 11.8 Å². The monoisotopic (exact) mass is 244 g/mol. The first-order chi connectivity index (χ1) is 8.69. The first-order valence-electron chi connectivity index (χ1n) is 5.66. The van der Waals surface area contributed by atoms with Gasteiger partial charge >= 0.3 is 0 Å². The molecule has 0 saturated heterocycles. The maximum atomic E-state index is 5.59. The van der Waals surface area contributed by atoms with Crippen molar-refractivity contribution in [1.29, 1.82) is 0 Å². The lowest BCUT2D eigenvalue weighted by Gasteiger charge is -2.09. The van der Waals surface area contributed by atoms with Crippen molar-refractivity contribution in [3.63, 3.8) is 0 Å². The van der Waals surface area contributed by atoms with Gasteiger partial charge in [-0.05, 0) is 18.1 Å². The van der Waals surface area contributed by atoms with Gasteiger partial charge in [-0.25, -0.2) is 0 Å². The molecule has 0 atom stereocenters. The van der Waals surface area contributed by atoms with Crippen molar-refractivity contribution in [3.8, 4) is 5.88 Å². The Morgan fingerprint density at radius 1 is 1.28 bits per heavy atom. The van der Waals surface area contributed by atoms with Crippen LogP contribution in [0.5, 0.6) is 5.88 Å². The van der Waals surface area contributed by atoms with Crippen LogP contribution in [0.1, 0.15) is 11.1 Å². The maximum Gasteiger partial charge on any atom is 0.225 e. The van der Waals surface area contributed by atoms with E-state index in [4.69, 9.17) is 10.5 Å². The van der Waals surface area contributed by atoms with Gasteiger partial charge in [-0.2, -0.15) is 9.97 Å². The van der Waals surface area contributed by atoms with Crippen molar-refractivity contribution >= 4 is 11.8 Å². The molecule has 1 aromatic heterocycles. The molecular weight excluding hydrogens is 228 g/mol. The Morgan fingerprint density at radius 2 is 2.06 bits per heavy atom. The predicted molar refractivity (Wildman–Crippen MR) is 71.5 cm³/mol. The molecule has 0 radical (unpaired) electrons. The quantitative estimate of drug-likeness (QED) is 0.860. The standard InChI is InChI=1S/C13H16N4O/c1-9-5-3-4-6-10(9)8-15-11-7-12(18-2)17-13(14)16-11/h3-7H,8H2,1-2H3,(H3,14,15,16,17). The second-order valence-corrected chi connectivity index (χ2v) is 3.93. The van der Waals surface area contributed by atoms with Gasteiger partial charge in [0.05, 0.1) is 7.11 Å².